The average Bonchev–Trinajstić information content (AvgIpc) is 2.05. The Morgan fingerprint density at radius 2 is 2.25 bits per heavy atom. The van der Waals surface area contributed by atoms with Crippen LogP contribution in [0.4, 0.5) is 0 Å². The molecule has 12 heavy (non-hydrogen) atoms. The predicted molar refractivity (Wildman–Crippen MR) is 61.2 cm³/mol. The van der Waals surface area contributed by atoms with Crippen LogP contribution in [0, 0.1) is 0 Å². The Balaban J connectivity index is 3.33. The summed E-state index contributed by atoms with van der Waals surface area (Å²) in [5.41, 5.74) is 1.43. The Morgan fingerprint density at radius 3 is 2.83 bits per heavy atom. The van der Waals surface area contributed by atoms with Crippen molar-refractivity contribution in [3.8, 4) is 0 Å². The molecule has 0 aromatic rings. The monoisotopic (exact) mass is 224 g/mol. The lowest BCUT2D eigenvalue weighted by molar-refractivity contribution is 0.897. The molecule has 0 fully saturated rings. The number of allylic oxidation sites excluding steroid dienone is 2. The first-order chi connectivity index (χ1) is 5.81. The van der Waals surface area contributed by atoms with Gasteiger partial charge in [-0.25, -0.2) is 0 Å². The summed E-state index contributed by atoms with van der Waals surface area (Å²) in [6.07, 6.45) is 6.19. The van der Waals surface area contributed by atoms with E-state index in [0.717, 1.165) is 5.75 Å². The van der Waals surface area contributed by atoms with Gasteiger partial charge in [0.1, 0.15) is 0 Å². The summed E-state index contributed by atoms with van der Waals surface area (Å²) < 4.78 is 0. The molecule has 0 aromatic carbocycles. The Hall–Kier alpha value is 0.410. The fraction of sp³-hybridized carbons (Fsp3) is 0.556. The highest BCUT2D eigenvalue weighted by Gasteiger charge is 1.86. The van der Waals surface area contributed by atoms with Gasteiger partial charge in [0.2, 0.25) is 0 Å². The Bertz CT molecular complexity index is 153. The van der Waals surface area contributed by atoms with E-state index in [1.807, 2.05) is 17.8 Å². The van der Waals surface area contributed by atoms with E-state index in [-0.39, 0.29) is 0 Å². The molecule has 0 N–H and O–H groups in total. The van der Waals surface area contributed by atoms with Crippen LogP contribution in [-0.2, 0) is 0 Å². The Labute approximate surface area is 89.0 Å². The van der Waals surface area contributed by atoms with Crippen molar-refractivity contribution in [2.75, 3.05) is 11.5 Å². The van der Waals surface area contributed by atoms with Crippen molar-refractivity contribution in [1.82, 2.24) is 0 Å². The molecule has 0 aliphatic heterocycles. The molecule has 3 heteroatoms. The lowest BCUT2D eigenvalue weighted by Gasteiger charge is -1.94. The van der Waals surface area contributed by atoms with Crippen molar-refractivity contribution in [1.29, 1.82) is 0 Å². The van der Waals surface area contributed by atoms with Crippen LogP contribution in [0.5, 0.6) is 0 Å². The molecule has 70 valence electrons. The number of thioether (sulfide) groups is 1. The molecule has 0 spiro atoms. The highest BCUT2D eigenvalue weighted by atomic mass is 35.5. The van der Waals surface area contributed by atoms with Gasteiger partial charge in [-0.2, -0.15) is 11.8 Å². The molecule has 0 atom stereocenters. The third kappa shape index (κ3) is 8.51. The minimum atomic E-state index is 0.717. The van der Waals surface area contributed by atoms with Crippen molar-refractivity contribution in [2.24, 2.45) is 0 Å². The van der Waals surface area contributed by atoms with E-state index in [0.29, 0.717) is 5.03 Å². The fourth-order valence-corrected chi connectivity index (χ4v) is 1.99. The second-order valence-electron chi connectivity index (χ2n) is 2.31. The van der Waals surface area contributed by atoms with Crippen LogP contribution in [0.25, 0.3) is 0 Å². The average molecular weight is 225 g/mol. The van der Waals surface area contributed by atoms with Crippen LogP contribution in [0.3, 0.4) is 0 Å². The summed E-state index contributed by atoms with van der Waals surface area (Å²) in [4.78, 5) is 0. The maximum absolute atomic E-state index is 5.77. The quantitative estimate of drug-likeness (QED) is 0.477. The summed E-state index contributed by atoms with van der Waals surface area (Å²) >= 11 is 13.0. The summed E-state index contributed by atoms with van der Waals surface area (Å²) in [7, 11) is 0. The third-order valence-corrected chi connectivity index (χ3v) is 2.65. The fourth-order valence-electron chi connectivity index (χ4n) is 0.596. The first kappa shape index (κ1) is 12.4. The van der Waals surface area contributed by atoms with Gasteiger partial charge >= 0.3 is 0 Å². The third-order valence-electron chi connectivity index (χ3n) is 1.26. The zero-order valence-electron chi connectivity index (χ0n) is 7.22. The molecule has 0 saturated heterocycles. The van der Waals surface area contributed by atoms with Crippen molar-refractivity contribution < 1.29 is 0 Å². The molecular weight excluding hydrogens is 211 g/mol. The van der Waals surface area contributed by atoms with Crippen molar-refractivity contribution in [3.63, 3.8) is 0 Å². The maximum atomic E-state index is 5.77. The van der Waals surface area contributed by atoms with Crippen molar-refractivity contribution in [2.45, 2.75) is 19.8 Å². The molecule has 0 radical (unpaired) electrons. The van der Waals surface area contributed by atoms with E-state index >= 15 is 0 Å². The van der Waals surface area contributed by atoms with Crippen LogP contribution in [-0.4, -0.2) is 11.5 Å². The van der Waals surface area contributed by atoms with Crippen molar-refractivity contribution >= 4 is 35.0 Å². The van der Waals surface area contributed by atoms with E-state index < -0.39 is 0 Å². The van der Waals surface area contributed by atoms with Gasteiger partial charge in [-0.3, -0.25) is 0 Å². The van der Waals surface area contributed by atoms with Crippen molar-refractivity contribution in [3.05, 3.63) is 22.7 Å². The van der Waals surface area contributed by atoms with E-state index in [1.165, 1.54) is 24.1 Å². The maximum Gasteiger partial charge on any atom is 0.0383 e. The van der Waals surface area contributed by atoms with Gasteiger partial charge < -0.3 is 0 Å². The zero-order valence-corrected chi connectivity index (χ0v) is 9.55. The molecule has 0 aliphatic rings. The molecule has 0 bridgehead atoms. The predicted octanol–water partition coefficient (Wildman–Crippen LogP) is 4.39. The summed E-state index contributed by atoms with van der Waals surface area (Å²) in [6.45, 7) is 2.19. The molecule has 0 aliphatic carbocycles. The minimum absolute atomic E-state index is 0.717. The molecule has 0 rings (SSSR count). The number of rotatable bonds is 6. The van der Waals surface area contributed by atoms with Gasteiger partial charge in [0.25, 0.3) is 0 Å². The van der Waals surface area contributed by atoms with Crippen LogP contribution in [0.15, 0.2) is 22.7 Å². The Kier molecular flexibility index (Phi) is 9.82. The van der Waals surface area contributed by atoms with Gasteiger partial charge in [-0.15, -0.1) is 0 Å². The number of hydrogen-bond donors (Lipinski definition) is 0. The van der Waals surface area contributed by atoms with Crippen LogP contribution >= 0.6 is 35.0 Å². The molecule has 0 heterocycles. The molecule has 0 unspecified atom stereocenters. The van der Waals surface area contributed by atoms with Gasteiger partial charge in [0, 0.05) is 16.3 Å². The van der Waals surface area contributed by atoms with Crippen LogP contribution in [0.2, 0.25) is 0 Å². The lowest BCUT2D eigenvalue weighted by Crippen LogP contribution is -1.79. The smallest absolute Gasteiger partial charge is 0.0383 e. The normalized spacial score (nSPS) is 12.8. The minimum Gasteiger partial charge on any atom is -0.158 e. The number of unbranched alkanes of at least 4 members (excludes halogenated alkanes) is 1. The van der Waals surface area contributed by atoms with E-state index in [9.17, 15) is 0 Å². The highest BCUT2D eigenvalue weighted by molar-refractivity contribution is 7.99. The van der Waals surface area contributed by atoms with Gasteiger partial charge in [0.05, 0.1) is 0 Å². The molecule has 0 nitrogen and oxygen atoms in total. The number of hydrogen-bond acceptors (Lipinski definition) is 1. The second-order valence-corrected chi connectivity index (χ2v) is 4.15. The first-order valence-electron chi connectivity index (χ1n) is 4.01. The first-order valence-corrected chi connectivity index (χ1v) is 5.98. The zero-order chi connectivity index (χ0) is 9.23. The lowest BCUT2D eigenvalue weighted by atomic mass is 10.4. The topological polar surface area (TPSA) is 0 Å². The second kappa shape index (κ2) is 9.50. The molecular formula is C9H14Cl2S. The SMILES string of the molecule is CCCCSC/C=C(Cl)/C=C/Cl. The van der Waals surface area contributed by atoms with Crippen LogP contribution in [0.1, 0.15) is 19.8 Å². The summed E-state index contributed by atoms with van der Waals surface area (Å²) in [5.74, 6) is 2.18. The van der Waals surface area contributed by atoms with Gasteiger partial charge in [-0.05, 0) is 18.2 Å². The Morgan fingerprint density at radius 1 is 1.50 bits per heavy atom. The van der Waals surface area contributed by atoms with Gasteiger partial charge in [0.15, 0.2) is 0 Å². The van der Waals surface area contributed by atoms with E-state index in [4.69, 9.17) is 23.2 Å². The van der Waals surface area contributed by atoms with Crippen LogP contribution < -0.4 is 0 Å². The number of halogens is 2. The summed E-state index contributed by atoms with van der Waals surface area (Å²) in [6, 6.07) is 0. The highest BCUT2D eigenvalue weighted by Crippen LogP contribution is 2.09. The molecule has 0 saturated carbocycles. The van der Waals surface area contributed by atoms with Gasteiger partial charge in [-0.1, -0.05) is 42.6 Å². The largest absolute Gasteiger partial charge is 0.158 e. The molecule has 0 amide bonds. The van der Waals surface area contributed by atoms with E-state index in [2.05, 4.69) is 6.92 Å². The molecule has 0 aromatic heterocycles. The van der Waals surface area contributed by atoms with E-state index in [1.54, 1.807) is 6.08 Å². The summed E-state index contributed by atoms with van der Waals surface area (Å²) in [5, 5.41) is 0.717. The standard InChI is InChI=1S/C9H14Cl2S/c1-2-3-7-12-8-5-9(11)4-6-10/h4-6H,2-3,7-8H2,1H3/b6-4+,9-5-.